The fraction of sp³-hybridized carbons (Fsp3) is 0.583. The Morgan fingerprint density at radius 2 is 2.18 bits per heavy atom. The van der Waals surface area contributed by atoms with Crippen molar-refractivity contribution in [2.45, 2.75) is 37.6 Å². The van der Waals surface area contributed by atoms with Crippen molar-refractivity contribution in [2.75, 3.05) is 5.33 Å². The van der Waals surface area contributed by atoms with Crippen LogP contribution in [0.25, 0.3) is 0 Å². The van der Waals surface area contributed by atoms with Gasteiger partial charge >= 0.3 is 0 Å². The van der Waals surface area contributed by atoms with Crippen molar-refractivity contribution in [3.05, 3.63) is 21.3 Å². The molecule has 0 radical (unpaired) electrons. The first-order valence-corrected chi connectivity index (χ1v) is 8.16. The highest BCUT2D eigenvalue weighted by Crippen LogP contribution is 2.31. The van der Waals surface area contributed by atoms with E-state index >= 15 is 0 Å². The average Bonchev–Trinajstić information content (AvgIpc) is 2.77. The topological polar surface area (TPSA) is 29.1 Å². The van der Waals surface area contributed by atoms with E-state index < -0.39 is 0 Å². The zero-order valence-electron chi connectivity index (χ0n) is 9.47. The van der Waals surface area contributed by atoms with Crippen LogP contribution in [0.15, 0.2) is 11.4 Å². The largest absolute Gasteiger partial charge is 0.345 e. The Hall–Kier alpha value is -0.0600. The second kappa shape index (κ2) is 5.72. The molecule has 1 amide bonds. The van der Waals surface area contributed by atoms with Gasteiger partial charge in [-0.05, 0) is 24.3 Å². The molecule has 0 unspecified atom stereocenters. The monoisotopic (exact) mass is 335 g/mol. The van der Waals surface area contributed by atoms with Gasteiger partial charge in [-0.25, -0.2) is 0 Å². The highest BCUT2D eigenvalue weighted by atomic mass is 79.9. The SMILES string of the molecule is O=C(NC1(CBr)CCCCC1)c1sccc1Cl. The second-order valence-electron chi connectivity index (χ2n) is 4.53. The van der Waals surface area contributed by atoms with E-state index in [1.807, 2.05) is 5.38 Å². The summed E-state index contributed by atoms with van der Waals surface area (Å²) < 4.78 is 0. The quantitative estimate of drug-likeness (QED) is 0.822. The third kappa shape index (κ3) is 3.04. The molecule has 1 fully saturated rings. The Morgan fingerprint density at radius 1 is 1.47 bits per heavy atom. The Bertz CT molecular complexity index is 401. The van der Waals surface area contributed by atoms with E-state index in [1.165, 1.54) is 30.6 Å². The van der Waals surface area contributed by atoms with Crippen LogP contribution < -0.4 is 5.32 Å². The molecule has 2 nitrogen and oxygen atoms in total. The Labute approximate surface area is 119 Å². The summed E-state index contributed by atoms with van der Waals surface area (Å²) in [6.45, 7) is 0. The van der Waals surface area contributed by atoms with Crippen molar-refractivity contribution in [3.8, 4) is 0 Å². The van der Waals surface area contributed by atoms with Crippen LogP contribution in [0.5, 0.6) is 0 Å². The first kappa shape index (κ1) is 13.4. The molecule has 0 bridgehead atoms. The van der Waals surface area contributed by atoms with Gasteiger partial charge < -0.3 is 5.32 Å². The van der Waals surface area contributed by atoms with E-state index in [4.69, 9.17) is 11.6 Å². The van der Waals surface area contributed by atoms with E-state index in [2.05, 4.69) is 21.2 Å². The van der Waals surface area contributed by atoms with Crippen LogP contribution in [-0.4, -0.2) is 16.8 Å². The summed E-state index contributed by atoms with van der Waals surface area (Å²) in [7, 11) is 0. The van der Waals surface area contributed by atoms with Gasteiger partial charge in [-0.15, -0.1) is 11.3 Å². The lowest BCUT2D eigenvalue weighted by molar-refractivity contribution is 0.0891. The fourth-order valence-electron chi connectivity index (χ4n) is 2.27. The highest BCUT2D eigenvalue weighted by Gasteiger charge is 2.33. The maximum Gasteiger partial charge on any atom is 0.263 e. The number of thiophene rings is 1. The molecule has 0 spiro atoms. The van der Waals surface area contributed by atoms with Crippen molar-refractivity contribution in [2.24, 2.45) is 0 Å². The third-order valence-electron chi connectivity index (χ3n) is 3.27. The Morgan fingerprint density at radius 3 is 2.71 bits per heavy atom. The van der Waals surface area contributed by atoms with Crippen molar-refractivity contribution in [3.63, 3.8) is 0 Å². The predicted molar refractivity (Wildman–Crippen MR) is 76.4 cm³/mol. The molecule has 1 aliphatic carbocycles. The summed E-state index contributed by atoms with van der Waals surface area (Å²) >= 11 is 10.9. The Balaban J connectivity index is 2.08. The van der Waals surface area contributed by atoms with E-state index in [1.54, 1.807) is 6.07 Å². The smallest absolute Gasteiger partial charge is 0.263 e. The zero-order chi connectivity index (χ0) is 12.3. The standard InChI is InChI=1S/C12H15BrClNOS/c13-8-12(5-2-1-3-6-12)15-11(16)10-9(14)4-7-17-10/h4,7H,1-3,5-6,8H2,(H,15,16). The first-order chi connectivity index (χ1) is 8.17. The number of nitrogens with one attached hydrogen (secondary N) is 1. The van der Waals surface area contributed by atoms with Crippen molar-refractivity contribution in [1.82, 2.24) is 5.32 Å². The molecule has 1 aromatic heterocycles. The number of rotatable bonds is 3. The molecule has 1 aromatic rings. The lowest BCUT2D eigenvalue weighted by atomic mass is 9.83. The zero-order valence-corrected chi connectivity index (χ0v) is 12.6. The van der Waals surface area contributed by atoms with Crippen molar-refractivity contribution in [1.29, 1.82) is 0 Å². The molecule has 1 heterocycles. The molecule has 0 aromatic carbocycles. The lowest BCUT2D eigenvalue weighted by Crippen LogP contribution is -2.51. The minimum absolute atomic E-state index is 0.0358. The summed E-state index contributed by atoms with van der Waals surface area (Å²) in [5.74, 6) is -0.0358. The molecule has 17 heavy (non-hydrogen) atoms. The van der Waals surface area contributed by atoms with Gasteiger partial charge in [0.05, 0.1) is 10.6 Å². The summed E-state index contributed by atoms with van der Waals surface area (Å²) in [4.78, 5) is 12.8. The number of hydrogen-bond acceptors (Lipinski definition) is 2. The van der Waals surface area contributed by atoms with Gasteiger partial charge in [0.2, 0.25) is 0 Å². The van der Waals surface area contributed by atoms with Crippen LogP contribution in [0, 0.1) is 0 Å². The van der Waals surface area contributed by atoms with Gasteiger partial charge in [-0.1, -0.05) is 46.8 Å². The van der Waals surface area contributed by atoms with Crippen molar-refractivity contribution < 1.29 is 4.79 Å². The fourth-order valence-corrected chi connectivity index (χ4v) is 4.01. The molecule has 1 N–H and O–H groups in total. The van der Waals surface area contributed by atoms with Gasteiger partial charge in [0.15, 0.2) is 0 Å². The molecule has 0 aliphatic heterocycles. The molecule has 1 aliphatic rings. The maximum atomic E-state index is 12.2. The number of halogens is 2. The number of amides is 1. The molecular weight excluding hydrogens is 322 g/mol. The summed E-state index contributed by atoms with van der Waals surface area (Å²) in [6, 6.07) is 1.77. The predicted octanol–water partition coefficient (Wildman–Crippen LogP) is 4.23. The molecule has 2 rings (SSSR count). The lowest BCUT2D eigenvalue weighted by Gasteiger charge is -2.36. The average molecular weight is 337 g/mol. The first-order valence-electron chi connectivity index (χ1n) is 5.78. The van der Waals surface area contributed by atoms with Gasteiger partial charge in [0.25, 0.3) is 5.91 Å². The number of alkyl halides is 1. The van der Waals surface area contributed by atoms with E-state index in [0.29, 0.717) is 9.90 Å². The molecular formula is C12H15BrClNOS. The molecule has 0 atom stereocenters. The van der Waals surface area contributed by atoms with Crippen LogP contribution in [0.1, 0.15) is 41.8 Å². The minimum atomic E-state index is -0.0807. The normalized spacial score (nSPS) is 18.9. The maximum absolute atomic E-state index is 12.2. The summed E-state index contributed by atoms with van der Waals surface area (Å²) in [5.41, 5.74) is -0.0807. The van der Waals surface area contributed by atoms with Crippen LogP contribution in [0.2, 0.25) is 5.02 Å². The van der Waals surface area contributed by atoms with E-state index in [0.717, 1.165) is 18.2 Å². The minimum Gasteiger partial charge on any atom is -0.345 e. The summed E-state index contributed by atoms with van der Waals surface area (Å²) in [5, 5.41) is 6.37. The molecule has 0 saturated heterocycles. The third-order valence-corrected chi connectivity index (χ3v) is 5.68. The number of carbonyl (C=O) groups excluding carboxylic acids is 1. The van der Waals surface area contributed by atoms with Gasteiger partial charge in [-0.3, -0.25) is 4.79 Å². The Kier molecular flexibility index (Phi) is 4.50. The second-order valence-corrected chi connectivity index (χ2v) is 6.41. The molecule has 5 heteroatoms. The van der Waals surface area contributed by atoms with Crippen LogP contribution >= 0.6 is 38.9 Å². The molecule has 94 valence electrons. The van der Waals surface area contributed by atoms with Crippen LogP contribution in [0.4, 0.5) is 0 Å². The molecule has 1 saturated carbocycles. The van der Waals surface area contributed by atoms with Crippen LogP contribution in [0.3, 0.4) is 0 Å². The number of hydrogen-bond donors (Lipinski definition) is 1. The van der Waals surface area contributed by atoms with Crippen LogP contribution in [-0.2, 0) is 0 Å². The number of carbonyl (C=O) groups is 1. The van der Waals surface area contributed by atoms with Gasteiger partial charge in [0, 0.05) is 5.33 Å². The van der Waals surface area contributed by atoms with E-state index in [9.17, 15) is 4.79 Å². The van der Waals surface area contributed by atoms with Crippen molar-refractivity contribution >= 4 is 44.8 Å². The van der Waals surface area contributed by atoms with Gasteiger partial charge in [0.1, 0.15) is 4.88 Å². The highest BCUT2D eigenvalue weighted by molar-refractivity contribution is 9.09. The van der Waals surface area contributed by atoms with Gasteiger partial charge in [-0.2, -0.15) is 0 Å². The summed E-state index contributed by atoms with van der Waals surface area (Å²) in [6.07, 6.45) is 5.73. The van der Waals surface area contributed by atoms with E-state index in [-0.39, 0.29) is 11.4 Å².